The van der Waals surface area contributed by atoms with Gasteiger partial charge in [0, 0.05) is 4.90 Å². The number of rotatable bonds is 4. The minimum absolute atomic E-state index is 0.0298. The first kappa shape index (κ1) is 13.9. The molecule has 17 heavy (non-hydrogen) atoms. The molecule has 0 saturated heterocycles. The summed E-state index contributed by atoms with van der Waals surface area (Å²) in [7, 11) is 0. The standard InChI is InChI=1S/C11H11ClO4S/c1-11(2,10(15)16)17-6-3-4-8(12)7(5-6)9(13)14/h3-5H,1-2H3,(H,13,14)(H,15,16). The summed E-state index contributed by atoms with van der Waals surface area (Å²) in [6.45, 7) is 3.10. The van der Waals surface area contributed by atoms with Gasteiger partial charge >= 0.3 is 11.9 Å². The van der Waals surface area contributed by atoms with Crippen LogP contribution in [0.15, 0.2) is 23.1 Å². The molecule has 0 heterocycles. The number of halogens is 1. The van der Waals surface area contributed by atoms with Gasteiger partial charge in [0.25, 0.3) is 0 Å². The minimum Gasteiger partial charge on any atom is -0.480 e. The Labute approximate surface area is 108 Å². The van der Waals surface area contributed by atoms with Gasteiger partial charge in [-0.2, -0.15) is 0 Å². The molecule has 0 saturated carbocycles. The predicted octanol–water partition coefficient (Wildman–Crippen LogP) is 2.99. The molecule has 0 aliphatic rings. The Kier molecular flexibility index (Phi) is 4.06. The Morgan fingerprint density at radius 3 is 2.35 bits per heavy atom. The zero-order valence-corrected chi connectivity index (χ0v) is 10.8. The van der Waals surface area contributed by atoms with Crippen LogP contribution >= 0.6 is 23.4 Å². The van der Waals surface area contributed by atoms with Crippen molar-refractivity contribution in [2.24, 2.45) is 0 Å². The number of carbonyl (C=O) groups is 2. The largest absolute Gasteiger partial charge is 0.480 e. The molecule has 0 fully saturated rings. The van der Waals surface area contributed by atoms with Crippen molar-refractivity contribution in [3.8, 4) is 0 Å². The highest BCUT2D eigenvalue weighted by Gasteiger charge is 2.28. The van der Waals surface area contributed by atoms with Crippen molar-refractivity contribution in [1.29, 1.82) is 0 Å². The molecular weight excluding hydrogens is 264 g/mol. The summed E-state index contributed by atoms with van der Waals surface area (Å²) in [5.74, 6) is -2.10. The van der Waals surface area contributed by atoms with E-state index in [4.69, 9.17) is 21.8 Å². The number of benzene rings is 1. The van der Waals surface area contributed by atoms with E-state index in [1.54, 1.807) is 19.9 Å². The third kappa shape index (κ3) is 3.38. The van der Waals surface area contributed by atoms with Crippen molar-refractivity contribution in [1.82, 2.24) is 0 Å². The molecule has 0 aromatic heterocycles. The fraction of sp³-hybridized carbons (Fsp3) is 0.273. The number of carboxylic acids is 2. The summed E-state index contributed by atoms with van der Waals surface area (Å²) in [5, 5.41) is 18.0. The van der Waals surface area contributed by atoms with Crippen molar-refractivity contribution in [3.05, 3.63) is 28.8 Å². The molecule has 0 atom stereocenters. The molecule has 6 heteroatoms. The van der Waals surface area contributed by atoms with Gasteiger partial charge in [-0.1, -0.05) is 11.6 Å². The fourth-order valence-corrected chi connectivity index (χ4v) is 2.26. The van der Waals surface area contributed by atoms with Gasteiger partial charge in [-0.15, -0.1) is 11.8 Å². The van der Waals surface area contributed by atoms with E-state index >= 15 is 0 Å². The van der Waals surface area contributed by atoms with Gasteiger partial charge in [0.2, 0.25) is 0 Å². The first-order valence-electron chi connectivity index (χ1n) is 4.69. The Morgan fingerprint density at radius 2 is 1.88 bits per heavy atom. The Balaban J connectivity index is 3.05. The minimum atomic E-state index is -1.13. The zero-order valence-electron chi connectivity index (χ0n) is 9.23. The highest BCUT2D eigenvalue weighted by molar-refractivity contribution is 8.01. The second kappa shape index (κ2) is 4.98. The van der Waals surface area contributed by atoms with Crippen molar-refractivity contribution >= 4 is 35.3 Å². The number of thioether (sulfide) groups is 1. The van der Waals surface area contributed by atoms with Crippen molar-refractivity contribution in [3.63, 3.8) is 0 Å². The van der Waals surface area contributed by atoms with E-state index < -0.39 is 16.7 Å². The summed E-state index contributed by atoms with van der Waals surface area (Å²) >= 11 is 6.79. The van der Waals surface area contributed by atoms with E-state index in [1.807, 2.05) is 0 Å². The normalized spacial score (nSPS) is 11.2. The van der Waals surface area contributed by atoms with Crippen LogP contribution in [0.1, 0.15) is 24.2 Å². The van der Waals surface area contributed by atoms with Crippen LogP contribution in [0.5, 0.6) is 0 Å². The first-order valence-corrected chi connectivity index (χ1v) is 5.89. The quantitative estimate of drug-likeness (QED) is 0.826. The van der Waals surface area contributed by atoms with Crippen LogP contribution in [-0.2, 0) is 4.79 Å². The van der Waals surface area contributed by atoms with E-state index in [9.17, 15) is 9.59 Å². The average Bonchev–Trinajstić information content (AvgIpc) is 2.20. The highest BCUT2D eigenvalue weighted by Crippen LogP contribution is 2.34. The predicted molar refractivity (Wildman–Crippen MR) is 66.0 cm³/mol. The molecule has 1 aromatic carbocycles. The Morgan fingerprint density at radius 1 is 1.29 bits per heavy atom. The summed E-state index contributed by atoms with van der Waals surface area (Å²) in [5.41, 5.74) is -0.0298. The molecule has 0 aliphatic carbocycles. The monoisotopic (exact) mass is 274 g/mol. The maximum absolute atomic E-state index is 10.9. The number of hydrogen-bond acceptors (Lipinski definition) is 3. The third-order valence-electron chi connectivity index (χ3n) is 2.06. The maximum Gasteiger partial charge on any atom is 0.337 e. The van der Waals surface area contributed by atoms with Crippen molar-refractivity contribution in [2.75, 3.05) is 0 Å². The first-order chi connectivity index (χ1) is 7.74. The van der Waals surface area contributed by atoms with Crippen LogP contribution < -0.4 is 0 Å². The third-order valence-corrected chi connectivity index (χ3v) is 3.56. The molecule has 1 aromatic rings. The number of aromatic carboxylic acids is 1. The van der Waals surface area contributed by atoms with Gasteiger partial charge < -0.3 is 10.2 Å². The van der Waals surface area contributed by atoms with E-state index in [0.717, 1.165) is 11.8 Å². The topological polar surface area (TPSA) is 74.6 Å². The van der Waals surface area contributed by atoms with Gasteiger partial charge in [0.05, 0.1) is 10.6 Å². The van der Waals surface area contributed by atoms with Crippen LogP contribution in [-0.4, -0.2) is 26.9 Å². The van der Waals surface area contributed by atoms with Crippen LogP contribution in [0.4, 0.5) is 0 Å². The molecule has 0 aliphatic heterocycles. The molecule has 0 amide bonds. The molecule has 0 spiro atoms. The van der Waals surface area contributed by atoms with Crippen LogP contribution in [0, 0.1) is 0 Å². The Hall–Kier alpha value is -1.20. The maximum atomic E-state index is 10.9. The Bertz CT molecular complexity index is 471. The van der Waals surface area contributed by atoms with Gasteiger partial charge in [0.15, 0.2) is 0 Å². The molecule has 0 radical (unpaired) electrons. The van der Waals surface area contributed by atoms with Crippen molar-refractivity contribution in [2.45, 2.75) is 23.5 Å². The summed E-state index contributed by atoms with van der Waals surface area (Å²) < 4.78 is -1.02. The van der Waals surface area contributed by atoms with E-state index in [1.165, 1.54) is 12.1 Å². The lowest BCUT2D eigenvalue weighted by atomic mass is 10.2. The molecular formula is C11H11ClO4S. The van der Waals surface area contributed by atoms with Gasteiger partial charge in [-0.25, -0.2) is 4.79 Å². The zero-order chi connectivity index (χ0) is 13.2. The summed E-state index contributed by atoms with van der Waals surface area (Å²) in [6, 6.07) is 4.43. The van der Waals surface area contributed by atoms with Crippen molar-refractivity contribution < 1.29 is 19.8 Å². The van der Waals surface area contributed by atoms with Crippen LogP contribution in [0.2, 0.25) is 5.02 Å². The molecule has 0 unspecified atom stereocenters. The lowest BCUT2D eigenvalue weighted by Gasteiger charge is -2.18. The van der Waals surface area contributed by atoms with Gasteiger partial charge in [-0.05, 0) is 32.0 Å². The van der Waals surface area contributed by atoms with Gasteiger partial charge in [-0.3, -0.25) is 4.79 Å². The molecule has 1 rings (SSSR count). The van der Waals surface area contributed by atoms with E-state index in [0.29, 0.717) is 4.90 Å². The SMILES string of the molecule is CC(C)(Sc1ccc(Cl)c(C(=O)O)c1)C(=O)O. The summed E-state index contributed by atoms with van der Waals surface area (Å²) in [6.07, 6.45) is 0. The molecule has 92 valence electrons. The van der Waals surface area contributed by atoms with E-state index in [-0.39, 0.29) is 10.6 Å². The highest BCUT2D eigenvalue weighted by atomic mass is 35.5. The van der Waals surface area contributed by atoms with E-state index in [2.05, 4.69) is 0 Å². The average molecular weight is 275 g/mol. The van der Waals surface area contributed by atoms with Crippen LogP contribution in [0.25, 0.3) is 0 Å². The molecule has 4 nitrogen and oxygen atoms in total. The fourth-order valence-electron chi connectivity index (χ4n) is 1.07. The second-order valence-electron chi connectivity index (χ2n) is 3.86. The lowest BCUT2D eigenvalue weighted by Crippen LogP contribution is -2.26. The molecule has 2 N–H and O–H groups in total. The smallest absolute Gasteiger partial charge is 0.337 e. The second-order valence-corrected chi connectivity index (χ2v) is 5.97. The number of carboxylic acid groups (broad SMARTS) is 2. The lowest BCUT2D eigenvalue weighted by molar-refractivity contribution is -0.138. The number of aliphatic carboxylic acids is 1. The van der Waals surface area contributed by atoms with Gasteiger partial charge in [0.1, 0.15) is 4.75 Å². The molecule has 0 bridgehead atoms. The number of hydrogen-bond donors (Lipinski definition) is 2. The summed E-state index contributed by atoms with van der Waals surface area (Å²) in [4.78, 5) is 22.4. The van der Waals surface area contributed by atoms with Crippen LogP contribution in [0.3, 0.4) is 0 Å².